The zero-order chi connectivity index (χ0) is 19.6. The average molecular weight is 384 g/mol. The molecule has 26 heavy (non-hydrogen) atoms. The third-order valence-electron chi connectivity index (χ3n) is 4.99. The molecule has 8 heteroatoms. The molecular formula is C18H25FN2O4S. The maximum Gasteiger partial charge on any atom is 0.211 e. The third-order valence-corrected chi connectivity index (χ3v) is 6.24. The van der Waals surface area contributed by atoms with Gasteiger partial charge in [-0.15, -0.1) is 0 Å². The second kappa shape index (κ2) is 7.61. The van der Waals surface area contributed by atoms with E-state index in [-0.39, 0.29) is 12.1 Å². The van der Waals surface area contributed by atoms with E-state index in [4.69, 9.17) is 9.47 Å². The van der Waals surface area contributed by atoms with Crippen molar-refractivity contribution in [3.63, 3.8) is 0 Å². The number of halogens is 1. The molecular weight excluding hydrogens is 359 g/mol. The molecule has 0 amide bonds. The molecule has 0 spiro atoms. The van der Waals surface area contributed by atoms with Gasteiger partial charge < -0.3 is 9.47 Å². The molecule has 1 aliphatic rings. The minimum atomic E-state index is -3.42. The number of methoxy groups -OCH3 is 2. The van der Waals surface area contributed by atoms with Gasteiger partial charge in [-0.25, -0.2) is 12.8 Å². The predicted octanol–water partition coefficient (Wildman–Crippen LogP) is 2.54. The van der Waals surface area contributed by atoms with Crippen LogP contribution in [0.15, 0.2) is 18.2 Å². The second-order valence-corrected chi connectivity index (χ2v) is 8.75. The van der Waals surface area contributed by atoms with Crippen molar-refractivity contribution >= 4 is 10.0 Å². The van der Waals surface area contributed by atoms with Crippen molar-refractivity contribution in [2.45, 2.75) is 43.9 Å². The van der Waals surface area contributed by atoms with Gasteiger partial charge in [0, 0.05) is 45.7 Å². The Morgan fingerprint density at radius 2 is 1.92 bits per heavy atom. The van der Waals surface area contributed by atoms with Gasteiger partial charge in [-0.3, -0.25) is 0 Å². The smallest absolute Gasteiger partial charge is 0.211 e. The van der Waals surface area contributed by atoms with Crippen LogP contribution >= 0.6 is 0 Å². The molecule has 0 heterocycles. The Hall–Kier alpha value is -1.53. The monoisotopic (exact) mass is 384 g/mol. The molecule has 2 rings (SSSR count). The lowest BCUT2D eigenvalue weighted by Gasteiger charge is -2.50. The molecule has 1 aromatic rings. The second-order valence-electron chi connectivity index (χ2n) is 6.77. The van der Waals surface area contributed by atoms with E-state index in [0.717, 1.165) is 6.26 Å². The Morgan fingerprint density at radius 1 is 1.31 bits per heavy atom. The van der Waals surface area contributed by atoms with Gasteiger partial charge >= 0.3 is 0 Å². The first-order valence-corrected chi connectivity index (χ1v) is 10.3. The van der Waals surface area contributed by atoms with Crippen molar-refractivity contribution in [3.05, 3.63) is 35.1 Å². The summed E-state index contributed by atoms with van der Waals surface area (Å²) in [6.07, 6.45) is 2.38. The van der Waals surface area contributed by atoms with E-state index in [1.54, 1.807) is 12.1 Å². The third kappa shape index (κ3) is 3.91. The van der Waals surface area contributed by atoms with Crippen molar-refractivity contribution in [1.82, 2.24) is 4.31 Å². The number of nitriles is 1. The van der Waals surface area contributed by atoms with Crippen LogP contribution in [0.5, 0.6) is 0 Å². The first kappa shape index (κ1) is 20.8. The van der Waals surface area contributed by atoms with E-state index in [1.807, 2.05) is 6.92 Å². The maximum atomic E-state index is 14.6. The molecule has 0 bridgehead atoms. The topological polar surface area (TPSA) is 79.6 Å². The summed E-state index contributed by atoms with van der Waals surface area (Å²) < 4.78 is 50.2. The van der Waals surface area contributed by atoms with Crippen LogP contribution < -0.4 is 0 Å². The minimum absolute atomic E-state index is 0.0293. The van der Waals surface area contributed by atoms with Crippen LogP contribution in [0.25, 0.3) is 0 Å². The number of sulfonamides is 1. The fraction of sp³-hybridized carbons (Fsp3) is 0.611. The number of ether oxygens (including phenoxy) is 2. The first-order chi connectivity index (χ1) is 12.1. The SMILES string of the molecule is CCCN(Cc1ccc(C2(C#N)CC(OC)(OC)C2)cc1F)S(C)(=O)=O. The Bertz CT molecular complexity index is 792. The number of hydrogen-bond donors (Lipinski definition) is 0. The molecule has 0 N–H and O–H groups in total. The van der Waals surface area contributed by atoms with Gasteiger partial charge in [0.15, 0.2) is 5.79 Å². The van der Waals surface area contributed by atoms with Crippen LogP contribution in [0.1, 0.15) is 37.3 Å². The molecule has 1 aliphatic carbocycles. The van der Waals surface area contributed by atoms with Gasteiger partial charge in [0.1, 0.15) is 5.82 Å². The lowest BCUT2D eigenvalue weighted by Crippen LogP contribution is -2.56. The molecule has 1 fully saturated rings. The van der Waals surface area contributed by atoms with Gasteiger partial charge in [0.2, 0.25) is 10.0 Å². The summed E-state index contributed by atoms with van der Waals surface area (Å²) >= 11 is 0. The van der Waals surface area contributed by atoms with Crippen molar-refractivity contribution in [2.75, 3.05) is 27.0 Å². The number of nitrogens with zero attached hydrogens (tertiary/aromatic N) is 2. The Morgan fingerprint density at radius 3 is 2.35 bits per heavy atom. The highest BCUT2D eigenvalue weighted by molar-refractivity contribution is 7.88. The molecule has 144 valence electrons. The van der Waals surface area contributed by atoms with Crippen LogP contribution in [-0.4, -0.2) is 45.5 Å². The molecule has 6 nitrogen and oxygen atoms in total. The van der Waals surface area contributed by atoms with Crippen LogP contribution in [0.3, 0.4) is 0 Å². The molecule has 0 unspecified atom stereocenters. The first-order valence-electron chi connectivity index (χ1n) is 8.41. The lowest BCUT2D eigenvalue weighted by atomic mass is 9.61. The Balaban J connectivity index is 2.26. The van der Waals surface area contributed by atoms with Crippen molar-refractivity contribution in [1.29, 1.82) is 5.26 Å². The van der Waals surface area contributed by atoms with Gasteiger partial charge in [-0.1, -0.05) is 19.1 Å². The highest BCUT2D eigenvalue weighted by atomic mass is 32.2. The molecule has 0 radical (unpaired) electrons. The van der Waals surface area contributed by atoms with Crippen LogP contribution in [-0.2, 0) is 31.5 Å². The van der Waals surface area contributed by atoms with Gasteiger partial charge in [-0.05, 0) is 18.1 Å². The summed E-state index contributed by atoms with van der Waals surface area (Å²) in [5.74, 6) is -1.34. The van der Waals surface area contributed by atoms with Gasteiger partial charge in [0.25, 0.3) is 0 Å². The van der Waals surface area contributed by atoms with Crippen LogP contribution in [0.2, 0.25) is 0 Å². The maximum absolute atomic E-state index is 14.6. The van der Waals surface area contributed by atoms with E-state index < -0.39 is 27.0 Å². The summed E-state index contributed by atoms with van der Waals surface area (Å²) in [4.78, 5) is 0. The molecule has 0 aliphatic heterocycles. The highest BCUT2D eigenvalue weighted by Gasteiger charge is 2.57. The highest BCUT2D eigenvalue weighted by Crippen LogP contribution is 2.52. The molecule has 1 saturated carbocycles. The molecule has 0 atom stereocenters. The van der Waals surface area contributed by atoms with Gasteiger partial charge in [0.05, 0.1) is 17.7 Å². The minimum Gasteiger partial charge on any atom is -0.353 e. The van der Waals surface area contributed by atoms with E-state index >= 15 is 0 Å². The largest absolute Gasteiger partial charge is 0.353 e. The van der Waals surface area contributed by atoms with E-state index in [9.17, 15) is 18.1 Å². The fourth-order valence-corrected chi connectivity index (χ4v) is 4.25. The average Bonchev–Trinajstić information content (AvgIpc) is 2.56. The fourth-order valence-electron chi connectivity index (χ4n) is 3.36. The van der Waals surface area contributed by atoms with E-state index in [0.29, 0.717) is 31.4 Å². The zero-order valence-corrected chi connectivity index (χ0v) is 16.4. The Labute approximate surface area is 154 Å². The lowest BCUT2D eigenvalue weighted by molar-refractivity contribution is -0.269. The van der Waals surface area contributed by atoms with Crippen molar-refractivity contribution in [3.8, 4) is 6.07 Å². The van der Waals surface area contributed by atoms with Crippen molar-refractivity contribution < 1.29 is 22.3 Å². The standard InChI is InChI=1S/C18H25FN2O4S/c1-5-8-21(26(4,22)23)10-14-6-7-15(9-16(14)19)17(13-20)11-18(12-17,24-2)25-3/h6-7,9H,5,8,10-12H2,1-4H3. The summed E-state index contributed by atoms with van der Waals surface area (Å²) in [5, 5.41) is 9.62. The predicted molar refractivity (Wildman–Crippen MR) is 95.2 cm³/mol. The normalized spacial score (nSPS) is 18.3. The van der Waals surface area contributed by atoms with Gasteiger partial charge in [-0.2, -0.15) is 9.57 Å². The number of hydrogen-bond acceptors (Lipinski definition) is 5. The molecule has 1 aromatic carbocycles. The summed E-state index contributed by atoms with van der Waals surface area (Å²) in [6.45, 7) is 2.16. The van der Waals surface area contributed by atoms with Crippen LogP contribution in [0.4, 0.5) is 4.39 Å². The summed E-state index contributed by atoms with van der Waals surface area (Å²) in [5.41, 5.74) is -0.0390. The van der Waals surface area contributed by atoms with Crippen molar-refractivity contribution in [2.24, 2.45) is 0 Å². The summed E-state index contributed by atoms with van der Waals surface area (Å²) in [7, 11) is -0.388. The van der Waals surface area contributed by atoms with Crippen LogP contribution in [0, 0.1) is 17.1 Å². The quantitative estimate of drug-likeness (QED) is 0.644. The Kier molecular flexibility index (Phi) is 6.08. The van der Waals surface area contributed by atoms with E-state index in [2.05, 4.69) is 6.07 Å². The number of rotatable bonds is 8. The van der Waals surface area contributed by atoms with E-state index in [1.165, 1.54) is 24.6 Å². The zero-order valence-electron chi connectivity index (χ0n) is 15.6. The number of benzene rings is 1. The molecule has 0 saturated heterocycles. The summed E-state index contributed by atoms with van der Waals surface area (Å²) in [6, 6.07) is 6.81. The molecule has 0 aromatic heterocycles.